The smallest absolute Gasteiger partial charge is 0.356 e. The maximum Gasteiger partial charge on any atom is 0.356 e. The number of aromatic nitrogens is 1. The Hall–Kier alpha value is -2.34. The van der Waals surface area contributed by atoms with Crippen LogP contribution < -0.4 is 10.2 Å². The second-order valence-electron chi connectivity index (χ2n) is 6.50. The fraction of sp³-hybridized carbons (Fsp3) is 0.474. The highest BCUT2D eigenvalue weighted by Gasteiger charge is 2.21. The summed E-state index contributed by atoms with van der Waals surface area (Å²) in [5.41, 5.74) is 1.64. The molecule has 2 aromatic rings. The van der Waals surface area contributed by atoms with Crippen molar-refractivity contribution in [1.82, 2.24) is 4.98 Å². The Morgan fingerprint density at radius 1 is 1.20 bits per heavy atom. The van der Waals surface area contributed by atoms with E-state index in [4.69, 9.17) is 4.74 Å². The summed E-state index contributed by atoms with van der Waals surface area (Å²) in [7, 11) is 0. The highest BCUT2D eigenvalue weighted by molar-refractivity contribution is 6.10. The van der Waals surface area contributed by atoms with Crippen molar-refractivity contribution in [3.63, 3.8) is 0 Å². The van der Waals surface area contributed by atoms with Crippen LogP contribution in [0.3, 0.4) is 0 Å². The van der Waals surface area contributed by atoms with E-state index in [9.17, 15) is 9.59 Å². The number of carbonyl (C=O) groups excluding carboxylic acids is 2. The van der Waals surface area contributed by atoms with E-state index in [-0.39, 0.29) is 5.91 Å². The van der Waals surface area contributed by atoms with Crippen molar-refractivity contribution in [3.05, 3.63) is 30.0 Å². The lowest BCUT2D eigenvalue weighted by Crippen LogP contribution is -3.12. The summed E-state index contributed by atoms with van der Waals surface area (Å²) in [4.78, 5) is 29.2. The van der Waals surface area contributed by atoms with Crippen LogP contribution in [-0.2, 0) is 9.53 Å². The lowest BCUT2D eigenvalue weighted by Gasteiger charge is -2.23. The van der Waals surface area contributed by atoms with Gasteiger partial charge in [-0.2, -0.15) is 0 Å². The number of carbonyl (C=O) groups is 2. The van der Waals surface area contributed by atoms with Crippen molar-refractivity contribution in [2.24, 2.45) is 0 Å². The van der Waals surface area contributed by atoms with Gasteiger partial charge < -0.3 is 19.9 Å². The van der Waals surface area contributed by atoms with Crippen LogP contribution in [0, 0.1) is 0 Å². The minimum Gasteiger partial charge on any atom is -0.461 e. The number of hydrogen-bond acceptors (Lipinski definition) is 3. The van der Waals surface area contributed by atoms with Crippen LogP contribution in [0.4, 0.5) is 5.69 Å². The molecule has 0 spiro atoms. The third-order valence-electron chi connectivity index (χ3n) is 4.72. The number of benzene rings is 1. The van der Waals surface area contributed by atoms with Gasteiger partial charge in [-0.05, 0) is 32.3 Å². The summed E-state index contributed by atoms with van der Waals surface area (Å²) in [6, 6.07) is 7.55. The molecule has 1 saturated heterocycles. The van der Waals surface area contributed by atoms with Crippen molar-refractivity contribution in [2.75, 3.05) is 31.6 Å². The number of hydrogen-bond donors (Lipinski definition) is 3. The molecule has 25 heavy (non-hydrogen) atoms. The van der Waals surface area contributed by atoms with Crippen molar-refractivity contribution in [1.29, 1.82) is 0 Å². The van der Waals surface area contributed by atoms with E-state index in [0.717, 1.165) is 30.5 Å². The first kappa shape index (κ1) is 17.5. The monoisotopic (exact) mass is 344 g/mol. The lowest BCUT2D eigenvalue weighted by molar-refractivity contribution is -0.904. The number of para-hydroxylation sites is 1. The van der Waals surface area contributed by atoms with Crippen LogP contribution in [0.2, 0.25) is 0 Å². The van der Waals surface area contributed by atoms with E-state index in [0.29, 0.717) is 24.4 Å². The van der Waals surface area contributed by atoms with Crippen molar-refractivity contribution in [3.8, 4) is 0 Å². The van der Waals surface area contributed by atoms with Gasteiger partial charge in [0.1, 0.15) is 5.69 Å². The van der Waals surface area contributed by atoms with Crippen LogP contribution in [0.1, 0.15) is 43.1 Å². The molecule has 1 aromatic heterocycles. The molecule has 1 aromatic carbocycles. The Balaban J connectivity index is 1.73. The zero-order valence-corrected chi connectivity index (χ0v) is 14.7. The van der Waals surface area contributed by atoms with E-state index in [1.54, 1.807) is 6.92 Å². The quantitative estimate of drug-likeness (QED) is 0.699. The molecule has 134 valence electrons. The number of esters is 1. The summed E-state index contributed by atoms with van der Waals surface area (Å²) in [6.45, 7) is 5.19. The van der Waals surface area contributed by atoms with Gasteiger partial charge in [0.2, 0.25) is 5.91 Å². The molecular formula is C19H26N3O3+. The minimum atomic E-state index is -0.448. The largest absolute Gasteiger partial charge is 0.461 e. The van der Waals surface area contributed by atoms with Crippen LogP contribution >= 0.6 is 0 Å². The number of H-pyrrole nitrogens is 1. The molecule has 0 saturated carbocycles. The Bertz CT molecular complexity index is 747. The van der Waals surface area contributed by atoms with Gasteiger partial charge in [-0.1, -0.05) is 18.2 Å². The third kappa shape index (κ3) is 4.20. The fourth-order valence-electron chi connectivity index (χ4n) is 3.42. The first-order chi connectivity index (χ1) is 12.2. The average molecular weight is 344 g/mol. The second kappa shape index (κ2) is 8.16. The lowest BCUT2D eigenvalue weighted by atomic mass is 10.1. The maximum atomic E-state index is 12.4. The summed E-state index contributed by atoms with van der Waals surface area (Å²) in [5.74, 6) is -0.510. The molecule has 1 fully saturated rings. The zero-order valence-electron chi connectivity index (χ0n) is 14.7. The topological polar surface area (TPSA) is 75.6 Å². The predicted octanol–water partition coefficient (Wildman–Crippen LogP) is 1.74. The van der Waals surface area contributed by atoms with E-state index in [2.05, 4.69) is 10.3 Å². The standard InChI is InChI=1S/C19H25N3O3/c1-2-25-19(24)18-17(14-8-4-5-9-15(14)20-18)21-16(23)10-13-22-11-6-3-7-12-22/h4-5,8-9,20H,2-3,6-7,10-13H2,1H3,(H,21,23)/p+1. The van der Waals surface area contributed by atoms with Crippen molar-refractivity contribution in [2.45, 2.75) is 32.6 Å². The van der Waals surface area contributed by atoms with E-state index >= 15 is 0 Å². The summed E-state index contributed by atoms with van der Waals surface area (Å²) >= 11 is 0. The summed E-state index contributed by atoms with van der Waals surface area (Å²) in [5, 5.41) is 3.75. The average Bonchev–Trinajstić information content (AvgIpc) is 3.00. The third-order valence-corrected chi connectivity index (χ3v) is 4.72. The number of likely N-dealkylation sites (tertiary alicyclic amines) is 1. The molecule has 0 radical (unpaired) electrons. The molecule has 0 unspecified atom stereocenters. The molecule has 0 atom stereocenters. The normalized spacial score (nSPS) is 15.2. The predicted molar refractivity (Wildman–Crippen MR) is 96.9 cm³/mol. The van der Waals surface area contributed by atoms with Gasteiger partial charge in [-0.25, -0.2) is 4.79 Å². The molecule has 1 aliphatic rings. The van der Waals surface area contributed by atoms with Gasteiger partial charge in [-0.15, -0.1) is 0 Å². The van der Waals surface area contributed by atoms with Gasteiger partial charge >= 0.3 is 5.97 Å². The van der Waals surface area contributed by atoms with E-state index < -0.39 is 5.97 Å². The number of ether oxygens (including phenoxy) is 1. The Kier molecular flexibility index (Phi) is 5.71. The number of quaternary nitrogens is 1. The Morgan fingerprint density at radius 2 is 1.96 bits per heavy atom. The van der Waals surface area contributed by atoms with Crippen molar-refractivity contribution < 1.29 is 19.2 Å². The minimum absolute atomic E-state index is 0.0617. The first-order valence-electron chi connectivity index (χ1n) is 9.10. The van der Waals surface area contributed by atoms with E-state index in [1.807, 2.05) is 24.3 Å². The molecule has 2 heterocycles. The number of nitrogens with one attached hydrogen (secondary N) is 3. The number of aromatic amines is 1. The molecular weight excluding hydrogens is 318 g/mol. The number of fused-ring (bicyclic) bond motifs is 1. The van der Waals surface area contributed by atoms with Gasteiger partial charge in [0.05, 0.1) is 38.3 Å². The van der Waals surface area contributed by atoms with Gasteiger partial charge in [0.15, 0.2) is 0 Å². The maximum absolute atomic E-state index is 12.4. The molecule has 3 N–H and O–H groups in total. The SMILES string of the molecule is CCOC(=O)c1[nH]c2ccccc2c1NC(=O)CC[NH+]1CCCCC1. The molecule has 1 amide bonds. The number of rotatable bonds is 6. The fourth-order valence-corrected chi connectivity index (χ4v) is 3.42. The molecule has 1 aliphatic heterocycles. The zero-order chi connectivity index (χ0) is 17.6. The molecule has 3 rings (SSSR count). The highest BCUT2D eigenvalue weighted by Crippen LogP contribution is 2.28. The van der Waals surface area contributed by atoms with Crippen LogP contribution in [0.5, 0.6) is 0 Å². The molecule has 6 nitrogen and oxygen atoms in total. The van der Waals surface area contributed by atoms with Gasteiger partial charge in [0, 0.05) is 10.9 Å². The first-order valence-corrected chi connectivity index (χ1v) is 9.10. The molecule has 0 aliphatic carbocycles. The van der Waals surface area contributed by atoms with Crippen molar-refractivity contribution >= 4 is 28.5 Å². The van der Waals surface area contributed by atoms with Crippen LogP contribution in [0.15, 0.2) is 24.3 Å². The number of anilines is 1. The second-order valence-corrected chi connectivity index (χ2v) is 6.50. The van der Waals surface area contributed by atoms with Gasteiger partial charge in [0.25, 0.3) is 0 Å². The molecule has 6 heteroatoms. The Labute approximate surface area is 147 Å². The molecule has 0 bridgehead atoms. The Morgan fingerprint density at radius 3 is 2.72 bits per heavy atom. The number of amides is 1. The van der Waals surface area contributed by atoms with Crippen LogP contribution in [-0.4, -0.2) is 43.1 Å². The number of piperidine rings is 1. The van der Waals surface area contributed by atoms with Gasteiger partial charge in [-0.3, -0.25) is 4.79 Å². The highest BCUT2D eigenvalue weighted by atomic mass is 16.5. The van der Waals surface area contributed by atoms with Crippen LogP contribution in [0.25, 0.3) is 10.9 Å². The summed E-state index contributed by atoms with van der Waals surface area (Å²) < 4.78 is 5.11. The van der Waals surface area contributed by atoms with E-state index in [1.165, 1.54) is 24.2 Å². The summed E-state index contributed by atoms with van der Waals surface area (Å²) in [6.07, 6.45) is 4.24.